The Balaban J connectivity index is 2.16. The maximum absolute atomic E-state index is 5.16. The zero-order valence-corrected chi connectivity index (χ0v) is 8.70. The second-order valence-electron chi connectivity index (χ2n) is 3.49. The van der Waals surface area contributed by atoms with E-state index in [2.05, 4.69) is 33.9 Å². The predicted octanol–water partition coefficient (Wildman–Crippen LogP) is 0.0837. The summed E-state index contributed by atoms with van der Waals surface area (Å²) in [4.78, 5) is 4.30. The highest BCUT2D eigenvalue weighted by Gasteiger charge is 2.00. The van der Waals surface area contributed by atoms with E-state index in [1.54, 1.807) is 0 Å². The third-order valence-corrected chi connectivity index (χ3v) is 2.35. The van der Waals surface area contributed by atoms with Gasteiger partial charge in [0.2, 0.25) is 0 Å². The van der Waals surface area contributed by atoms with Crippen LogP contribution in [0, 0.1) is 0 Å². The van der Waals surface area contributed by atoms with E-state index >= 15 is 0 Å². The lowest BCUT2D eigenvalue weighted by molar-refractivity contribution is 0.601. The minimum absolute atomic E-state index is 0.597. The van der Waals surface area contributed by atoms with Crippen LogP contribution in [0.2, 0.25) is 0 Å². The van der Waals surface area contributed by atoms with E-state index in [0.29, 0.717) is 6.67 Å². The van der Waals surface area contributed by atoms with Crippen molar-refractivity contribution in [2.75, 3.05) is 6.67 Å². The first-order valence-electron chi connectivity index (χ1n) is 4.85. The Morgan fingerprint density at radius 3 is 3.13 bits per heavy atom. The second kappa shape index (κ2) is 4.39. The molecule has 5 heteroatoms. The number of hydrogen-bond donors (Lipinski definition) is 3. The molecule has 0 atom stereocenters. The zero-order chi connectivity index (χ0) is 10.7. The second-order valence-corrected chi connectivity index (χ2v) is 3.49. The van der Waals surface area contributed by atoms with Crippen molar-refractivity contribution in [1.29, 1.82) is 0 Å². The minimum atomic E-state index is 0.597. The lowest BCUT2D eigenvalue weighted by Crippen LogP contribution is -2.33. The van der Waals surface area contributed by atoms with Crippen molar-refractivity contribution in [2.45, 2.75) is 6.54 Å². The zero-order valence-electron chi connectivity index (χ0n) is 8.70. The van der Waals surface area contributed by atoms with E-state index in [1.165, 1.54) is 5.56 Å². The van der Waals surface area contributed by atoms with Gasteiger partial charge in [0.1, 0.15) is 0 Å². The predicted molar refractivity (Wildman–Crippen MR) is 59.7 cm³/mol. The molecule has 0 aliphatic carbocycles. The summed E-state index contributed by atoms with van der Waals surface area (Å²) in [7, 11) is 1.99. The summed E-state index contributed by atoms with van der Waals surface area (Å²) in [6.45, 7) is 1.39. The molecule has 2 rings (SSSR count). The van der Waals surface area contributed by atoms with Crippen molar-refractivity contribution < 1.29 is 0 Å². The molecule has 0 spiro atoms. The first-order chi connectivity index (χ1) is 7.31. The molecule has 1 aromatic carbocycles. The number of imidazole rings is 1. The van der Waals surface area contributed by atoms with Gasteiger partial charge in [-0.25, -0.2) is 10.4 Å². The van der Waals surface area contributed by atoms with Crippen molar-refractivity contribution in [3.63, 3.8) is 0 Å². The van der Waals surface area contributed by atoms with Crippen molar-refractivity contribution in [3.8, 4) is 0 Å². The standard InChI is InChI=1S/C10H15N5/c1-15-7-13-9-4-8(2-3-10(9)15)5-12-6-14-11/h2-4,7,12,14H,5-6,11H2,1H3. The Morgan fingerprint density at radius 1 is 1.47 bits per heavy atom. The van der Waals surface area contributed by atoms with Crippen LogP contribution in [0.15, 0.2) is 24.5 Å². The average molecular weight is 205 g/mol. The number of nitrogens with one attached hydrogen (secondary N) is 2. The number of aryl methyl sites for hydroxylation is 1. The third-order valence-electron chi connectivity index (χ3n) is 2.35. The number of nitrogens with two attached hydrogens (primary N) is 1. The van der Waals surface area contributed by atoms with Crippen LogP contribution in [0.3, 0.4) is 0 Å². The summed E-state index contributed by atoms with van der Waals surface area (Å²) in [6, 6.07) is 6.25. The summed E-state index contributed by atoms with van der Waals surface area (Å²) >= 11 is 0. The van der Waals surface area contributed by atoms with Crippen LogP contribution in [-0.4, -0.2) is 16.2 Å². The molecule has 0 aliphatic heterocycles. The largest absolute Gasteiger partial charge is 0.334 e. The number of hydrazine groups is 1. The van der Waals surface area contributed by atoms with E-state index in [4.69, 9.17) is 5.84 Å². The Labute approximate surface area is 88.3 Å². The van der Waals surface area contributed by atoms with Crippen LogP contribution in [0.4, 0.5) is 0 Å². The minimum Gasteiger partial charge on any atom is -0.334 e. The van der Waals surface area contributed by atoms with Crippen LogP contribution in [0.1, 0.15) is 5.56 Å². The maximum atomic E-state index is 5.16. The van der Waals surface area contributed by atoms with Gasteiger partial charge >= 0.3 is 0 Å². The van der Waals surface area contributed by atoms with Crippen LogP contribution in [0.25, 0.3) is 11.0 Å². The van der Waals surface area contributed by atoms with E-state index < -0.39 is 0 Å². The lowest BCUT2D eigenvalue weighted by atomic mass is 10.2. The Kier molecular flexibility index (Phi) is 2.96. The molecule has 0 saturated carbocycles. The fourth-order valence-electron chi connectivity index (χ4n) is 1.57. The van der Waals surface area contributed by atoms with Gasteiger partial charge in [0.05, 0.1) is 24.0 Å². The van der Waals surface area contributed by atoms with Crippen molar-refractivity contribution >= 4 is 11.0 Å². The van der Waals surface area contributed by atoms with Gasteiger partial charge in [0.15, 0.2) is 0 Å². The van der Waals surface area contributed by atoms with E-state index in [0.717, 1.165) is 17.6 Å². The van der Waals surface area contributed by atoms with Gasteiger partial charge in [-0.3, -0.25) is 11.2 Å². The molecule has 0 fully saturated rings. The van der Waals surface area contributed by atoms with E-state index in [-0.39, 0.29) is 0 Å². The first-order valence-corrected chi connectivity index (χ1v) is 4.85. The van der Waals surface area contributed by atoms with Gasteiger partial charge < -0.3 is 4.57 Å². The fraction of sp³-hybridized carbons (Fsp3) is 0.300. The highest BCUT2D eigenvalue weighted by Crippen LogP contribution is 2.13. The van der Waals surface area contributed by atoms with Crippen molar-refractivity contribution in [1.82, 2.24) is 20.3 Å². The Bertz CT molecular complexity index is 448. The van der Waals surface area contributed by atoms with Crippen LogP contribution >= 0.6 is 0 Å². The van der Waals surface area contributed by atoms with Gasteiger partial charge in [-0.1, -0.05) is 6.07 Å². The van der Waals surface area contributed by atoms with Gasteiger partial charge in [0, 0.05) is 13.6 Å². The molecule has 5 nitrogen and oxygen atoms in total. The van der Waals surface area contributed by atoms with Crippen molar-refractivity contribution in [2.24, 2.45) is 12.9 Å². The van der Waals surface area contributed by atoms with Crippen LogP contribution in [-0.2, 0) is 13.6 Å². The molecule has 0 amide bonds. The molecule has 1 heterocycles. The quantitative estimate of drug-likeness (QED) is 0.286. The topological polar surface area (TPSA) is 67.9 Å². The van der Waals surface area contributed by atoms with Crippen LogP contribution < -0.4 is 16.6 Å². The van der Waals surface area contributed by atoms with E-state index in [1.807, 2.05) is 17.9 Å². The fourth-order valence-corrected chi connectivity index (χ4v) is 1.57. The van der Waals surface area contributed by atoms with E-state index in [9.17, 15) is 0 Å². The summed E-state index contributed by atoms with van der Waals surface area (Å²) < 4.78 is 2.01. The third kappa shape index (κ3) is 2.15. The van der Waals surface area contributed by atoms with Gasteiger partial charge in [-0.15, -0.1) is 0 Å². The van der Waals surface area contributed by atoms with Gasteiger partial charge in [-0.2, -0.15) is 0 Å². The molecule has 4 N–H and O–H groups in total. The Morgan fingerprint density at radius 2 is 2.33 bits per heavy atom. The molecular weight excluding hydrogens is 190 g/mol. The molecule has 0 aliphatic rings. The first kappa shape index (κ1) is 10.1. The van der Waals surface area contributed by atoms with Crippen molar-refractivity contribution in [3.05, 3.63) is 30.1 Å². The molecule has 15 heavy (non-hydrogen) atoms. The molecule has 0 bridgehead atoms. The molecule has 0 radical (unpaired) electrons. The summed E-state index contributed by atoms with van der Waals surface area (Å²) in [5.41, 5.74) is 5.93. The number of benzene rings is 1. The molecule has 80 valence electrons. The number of nitrogens with zero attached hydrogens (tertiary/aromatic N) is 2. The molecular formula is C10H15N5. The molecule has 0 saturated heterocycles. The highest BCUT2D eigenvalue weighted by atomic mass is 15.3. The lowest BCUT2D eigenvalue weighted by Gasteiger charge is -2.03. The number of fused-ring (bicyclic) bond motifs is 1. The highest BCUT2D eigenvalue weighted by molar-refractivity contribution is 5.75. The van der Waals surface area contributed by atoms with Crippen LogP contribution in [0.5, 0.6) is 0 Å². The molecule has 0 unspecified atom stereocenters. The Hall–Kier alpha value is -1.43. The number of hydrogen-bond acceptors (Lipinski definition) is 4. The monoisotopic (exact) mass is 205 g/mol. The molecule has 1 aromatic heterocycles. The summed E-state index contributed by atoms with van der Waals surface area (Å²) in [5, 5.41) is 3.15. The average Bonchev–Trinajstić information content (AvgIpc) is 2.61. The number of aromatic nitrogens is 2. The SMILES string of the molecule is Cn1cnc2cc(CNCNN)ccc21. The summed E-state index contributed by atoms with van der Waals surface area (Å²) in [5.74, 6) is 5.16. The number of rotatable bonds is 4. The maximum Gasteiger partial charge on any atom is 0.0955 e. The molecule has 2 aromatic rings. The summed E-state index contributed by atoms with van der Waals surface area (Å²) in [6.07, 6.45) is 1.82. The van der Waals surface area contributed by atoms with Gasteiger partial charge in [-0.05, 0) is 17.7 Å². The van der Waals surface area contributed by atoms with Gasteiger partial charge in [0.25, 0.3) is 0 Å². The smallest absolute Gasteiger partial charge is 0.0955 e. The normalized spacial score (nSPS) is 11.1.